The number of nitrogen functional groups attached to an aromatic ring is 1. The van der Waals surface area contributed by atoms with Gasteiger partial charge in [-0.1, -0.05) is 19.3 Å². The van der Waals surface area contributed by atoms with Crippen LogP contribution in [-0.2, 0) is 4.79 Å². The Morgan fingerprint density at radius 2 is 1.83 bits per heavy atom. The molecule has 0 atom stereocenters. The summed E-state index contributed by atoms with van der Waals surface area (Å²) in [5.41, 5.74) is 9.57. The van der Waals surface area contributed by atoms with Gasteiger partial charge in [-0.2, -0.15) is 0 Å². The highest BCUT2D eigenvalue weighted by molar-refractivity contribution is 5.93. The standard InChI is InChI=1S/C15H22N2O/c1-10-9-14(11(2)8-13(10)16)17-15(18)12-6-4-3-5-7-12/h8-9,12H,3-7,16H2,1-2H3,(H,17,18). The van der Waals surface area contributed by atoms with Gasteiger partial charge in [-0.3, -0.25) is 4.79 Å². The molecule has 3 nitrogen and oxygen atoms in total. The smallest absolute Gasteiger partial charge is 0.227 e. The Bertz CT molecular complexity index is 448. The van der Waals surface area contributed by atoms with Crippen LogP contribution >= 0.6 is 0 Å². The summed E-state index contributed by atoms with van der Waals surface area (Å²) < 4.78 is 0. The first-order valence-electron chi connectivity index (χ1n) is 6.75. The molecule has 0 aromatic heterocycles. The lowest BCUT2D eigenvalue weighted by Gasteiger charge is -2.21. The fourth-order valence-electron chi connectivity index (χ4n) is 2.57. The second-order valence-corrected chi connectivity index (χ2v) is 5.35. The van der Waals surface area contributed by atoms with Gasteiger partial charge >= 0.3 is 0 Å². The molecule has 3 heteroatoms. The number of anilines is 2. The molecular formula is C15H22N2O. The molecule has 3 N–H and O–H groups in total. The van der Waals surface area contributed by atoms with E-state index in [4.69, 9.17) is 5.73 Å². The number of aryl methyl sites for hydroxylation is 2. The third-order valence-corrected chi connectivity index (χ3v) is 3.85. The van der Waals surface area contributed by atoms with Gasteiger partial charge < -0.3 is 11.1 Å². The normalized spacial score (nSPS) is 16.6. The van der Waals surface area contributed by atoms with Crippen molar-refractivity contribution in [3.63, 3.8) is 0 Å². The van der Waals surface area contributed by atoms with Crippen molar-refractivity contribution in [3.05, 3.63) is 23.3 Å². The van der Waals surface area contributed by atoms with Gasteiger partial charge in [-0.05, 0) is 49.9 Å². The number of nitrogens with one attached hydrogen (secondary N) is 1. The monoisotopic (exact) mass is 246 g/mol. The van der Waals surface area contributed by atoms with Gasteiger partial charge in [-0.15, -0.1) is 0 Å². The number of rotatable bonds is 2. The van der Waals surface area contributed by atoms with Gasteiger partial charge in [0.2, 0.25) is 5.91 Å². The molecule has 1 aliphatic rings. The van der Waals surface area contributed by atoms with Gasteiger partial charge in [0.25, 0.3) is 0 Å². The van der Waals surface area contributed by atoms with Crippen molar-refractivity contribution < 1.29 is 4.79 Å². The SMILES string of the molecule is Cc1cc(NC(=O)C2CCCCC2)c(C)cc1N. The number of hydrogen-bond acceptors (Lipinski definition) is 2. The lowest BCUT2D eigenvalue weighted by molar-refractivity contribution is -0.120. The molecule has 18 heavy (non-hydrogen) atoms. The first-order chi connectivity index (χ1) is 8.58. The van der Waals surface area contributed by atoms with Crippen molar-refractivity contribution in [2.45, 2.75) is 46.0 Å². The highest BCUT2D eigenvalue weighted by Crippen LogP contribution is 2.27. The molecule has 0 heterocycles. The van der Waals surface area contributed by atoms with Gasteiger partial charge in [0.15, 0.2) is 0 Å². The highest BCUT2D eigenvalue weighted by Gasteiger charge is 2.21. The Kier molecular flexibility index (Phi) is 3.90. The van der Waals surface area contributed by atoms with E-state index in [1.165, 1.54) is 19.3 Å². The van der Waals surface area contributed by atoms with E-state index < -0.39 is 0 Å². The van der Waals surface area contributed by atoms with E-state index in [1.807, 2.05) is 26.0 Å². The molecule has 2 rings (SSSR count). The Morgan fingerprint density at radius 3 is 2.50 bits per heavy atom. The molecule has 0 spiro atoms. The van der Waals surface area contributed by atoms with Crippen LogP contribution in [0.5, 0.6) is 0 Å². The highest BCUT2D eigenvalue weighted by atomic mass is 16.1. The van der Waals surface area contributed by atoms with Crippen molar-refractivity contribution in [2.24, 2.45) is 5.92 Å². The lowest BCUT2D eigenvalue weighted by Crippen LogP contribution is -2.25. The third-order valence-electron chi connectivity index (χ3n) is 3.85. The average molecular weight is 246 g/mol. The summed E-state index contributed by atoms with van der Waals surface area (Å²) in [6.45, 7) is 3.94. The lowest BCUT2D eigenvalue weighted by atomic mass is 9.88. The maximum Gasteiger partial charge on any atom is 0.227 e. The average Bonchev–Trinajstić information content (AvgIpc) is 2.37. The summed E-state index contributed by atoms with van der Waals surface area (Å²) in [6, 6.07) is 3.89. The Morgan fingerprint density at radius 1 is 1.17 bits per heavy atom. The number of benzene rings is 1. The van der Waals surface area contributed by atoms with Gasteiger partial charge in [0.05, 0.1) is 0 Å². The largest absolute Gasteiger partial charge is 0.399 e. The minimum atomic E-state index is 0.168. The number of amides is 1. The number of hydrogen-bond donors (Lipinski definition) is 2. The molecule has 1 amide bonds. The summed E-state index contributed by atoms with van der Waals surface area (Å²) in [5.74, 6) is 0.359. The summed E-state index contributed by atoms with van der Waals surface area (Å²) in [6.07, 6.45) is 5.68. The van der Waals surface area contributed by atoms with Crippen LogP contribution in [-0.4, -0.2) is 5.91 Å². The molecule has 1 aromatic rings. The van der Waals surface area contributed by atoms with Crippen LogP contribution in [0, 0.1) is 19.8 Å². The van der Waals surface area contributed by atoms with E-state index in [1.54, 1.807) is 0 Å². The fraction of sp³-hybridized carbons (Fsp3) is 0.533. The Balaban J connectivity index is 2.08. The van der Waals surface area contributed by atoms with E-state index >= 15 is 0 Å². The number of carbonyl (C=O) groups excluding carboxylic acids is 1. The molecule has 0 saturated heterocycles. The Labute approximate surface area is 109 Å². The Hall–Kier alpha value is -1.51. The van der Waals surface area contributed by atoms with Gasteiger partial charge in [-0.25, -0.2) is 0 Å². The van der Waals surface area contributed by atoms with Gasteiger partial charge in [0.1, 0.15) is 0 Å². The molecule has 1 aliphatic carbocycles. The molecule has 1 aromatic carbocycles. The quantitative estimate of drug-likeness (QED) is 0.786. The second-order valence-electron chi connectivity index (χ2n) is 5.35. The van der Waals surface area contributed by atoms with Crippen molar-refractivity contribution in [2.75, 3.05) is 11.1 Å². The summed E-state index contributed by atoms with van der Waals surface area (Å²) in [4.78, 5) is 12.2. The predicted octanol–water partition coefficient (Wildman–Crippen LogP) is 3.40. The van der Waals surface area contributed by atoms with Crippen LogP contribution in [0.3, 0.4) is 0 Å². The number of carbonyl (C=O) groups is 1. The van der Waals surface area contributed by atoms with Crippen molar-refractivity contribution >= 4 is 17.3 Å². The zero-order valence-electron chi connectivity index (χ0n) is 11.3. The topological polar surface area (TPSA) is 55.1 Å². The van der Waals surface area contributed by atoms with Crippen molar-refractivity contribution in [3.8, 4) is 0 Å². The van der Waals surface area contributed by atoms with Crippen molar-refractivity contribution in [1.82, 2.24) is 0 Å². The second kappa shape index (κ2) is 5.42. The van der Waals surface area contributed by atoms with E-state index in [9.17, 15) is 4.79 Å². The minimum absolute atomic E-state index is 0.168. The summed E-state index contributed by atoms with van der Waals surface area (Å²) in [7, 11) is 0. The summed E-state index contributed by atoms with van der Waals surface area (Å²) in [5, 5.41) is 3.05. The van der Waals surface area contributed by atoms with Crippen LogP contribution < -0.4 is 11.1 Å². The molecule has 0 aliphatic heterocycles. The fourth-order valence-corrected chi connectivity index (χ4v) is 2.57. The molecule has 1 saturated carbocycles. The zero-order valence-corrected chi connectivity index (χ0v) is 11.3. The molecule has 0 unspecified atom stereocenters. The minimum Gasteiger partial charge on any atom is -0.399 e. The maximum atomic E-state index is 12.2. The van der Waals surface area contributed by atoms with E-state index in [0.717, 1.165) is 35.3 Å². The van der Waals surface area contributed by atoms with Crippen LogP contribution in [0.2, 0.25) is 0 Å². The molecule has 98 valence electrons. The first kappa shape index (κ1) is 12.9. The van der Waals surface area contributed by atoms with Crippen LogP contribution in [0.1, 0.15) is 43.2 Å². The molecule has 1 fully saturated rings. The van der Waals surface area contributed by atoms with Crippen LogP contribution in [0.4, 0.5) is 11.4 Å². The first-order valence-corrected chi connectivity index (χ1v) is 6.75. The molecule has 0 radical (unpaired) electrons. The van der Waals surface area contributed by atoms with E-state index in [2.05, 4.69) is 5.32 Å². The van der Waals surface area contributed by atoms with Crippen LogP contribution in [0.15, 0.2) is 12.1 Å². The van der Waals surface area contributed by atoms with E-state index in [0.29, 0.717) is 0 Å². The van der Waals surface area contributed by atoms with Crippen molar-refractivity contribution in [1.29, 1.82) is 0 Å². The van der Waals surface area contributed by atoms with Crippen LogP contribution in [0.25, 0.3) is 0 Å². The number of nitrogens with two attached hydrogens (primary N) is 1. The third kappa shape index (κ3) is 2.84. The van der Waals surface area contributed by atoms with Gasteiger partial charge in [0, 0.05) is 17.3 Å². The van der Waals surface area contributed by atoms with E-state index in [-0.39, 0.29) is 11.8 Å². The maximum absolute atomic E-state index is 12.2. The molecule has 0 bridgehead atoms. The molecular weight excluding hydrogens is 224 g/mol. The zero-order chi connectivity index (χ0) is 13.1. The summed E-state index contributed by atoms with van der Waals surface area (Å²) >= 11 is 0. The predicted molar refractivity (Wildman–Crippen MR) is 75.5 cm³/mol.